The van der Waals surface area contributed by atoms with Crippen molar-refractivity contribution in [1.29, 1.82) is 0 Å². The van der Waals surface area contributed by atoms with Crippen LogP contribution in [-0.4, -0.2) is 36.1 Å². The summed E-state index contributed by atoms with van der Waals surface area (Å²) in [5.41, 5.74) is 2.38. The van der Waals surface area contributed by atoms with Crippen LogP contribution in [0.15, 0.2) is 11.7 Å². The second kappa shape index (κ2) is 6.71. The molecule has 2 aromatic rings. The molecule has 3 heterocycles. The quantitative estimate of drug-likeness (QED) is 0.921. The minimum absolute atomic E-state index is 0.733. The third-order valence-electron chi connectivity index (χ3n) is 4.18. The van der Waals surface area contributed by atoms with Gasteiger partial charge in [0.1, 0.15) is 12.1 Å². The lowest BCUT2D eigenvalue weighted by atomic mass is 9.99. The lowest BCUT2D eigenvalue weighted by Crippen LogP contribution is -2.39. The molecule has 0 bridgehead atoms. The van der Waals surface area contributed by atoms with E-state index in [2.05, 4.69) is 39.4 Å². The normalized spacial score (nSPS) is 19.0. The number of nitrogens with one attached hydrogen (secondary N) is 1. The molecule has 114 valence electrons. The summed E-state index contributed by atoms with van der Waals surface area (Å²) in [6.45, 7) is 8.85. The monoisotopic (exact) mass is 304 g/mol. The number of nitrogens with zero attached hydrogens (tertiary/aromatic N) is 3. The Morgan fingerprint density at radius 3 is 3.10 bits per heavy atom. The number of hydrogen-bond donors (Lipinski definition) is 1. The zero-order valence-corrected chi connectivity index (χ0v) is 13.7. The van der Waals surface area contributed by atoms with Crippen molar-refractivity contribution in [3.63, 3.8) is 0 Å². The molecule has 0 spiro atoms. The van der Waals surface area contributed by atoms with Crippen LogP contribution in [0.5, 0.6) is 0 Å². The predicted octanol–water partition coefficient (Wildman–Crippen LogP) is 3.22. The number of aromatic nitrogens is 2. The summed E-state index contributed by atoms with van der Waals surface area (Å²) in [4.78, 5) is 11.5. The van der Waals surface area contributed by atoms with Crippen LogP contribution in [-0.2, 0) is 0 Å². The number of fused-ring (bicyclic) bond motifs is 1. The topological polar surface area (TPSA) is 41.0 Å². The summed E-state index contributed by atoms with van der Waals surface area (Å²) in [7, 11) is 0. The number of piperidine rings is 1. The van der Waals surface area contributed by atoms with Gasteiger partial charge in [0, 0.05) is 13.1 Å². The van der Waals surface area contributed by atoms with Crippen molar-refractivity contribution in [2.45, 2.75) is 33.1 Å². The van der Waals surface area contributed by atoms with E-state index in [0.717, 1.165) is 43.3 Å². The van der Waals surface area contributed by atoms with E-state index in [-0.39, 0.29) is 0 Å². The predicted molar refractivity (Wildman–Crippen MR) is 90.2 cm³/mol. The zero-order chi connectivity index (χ0) is 14.7. The fourth-order valence-electron chi connectivity index (χ4n) is 3.13. The van der Waals surface area contributed by atoms with Crippen molar-refractivity contribution in [3.8, 4) is 0 Å². The summed E-state index contributed by atoms with van der Waals surface area (Å²) in [6.07, 6.45) is 5.49. The van der Waals surface area contributed by atoms with Crippen LogP contribution >= 0.6 is 11.3 Å². The van der Waals surface area contributed by atoms with Crippen molar-refractivity contribution >= 4 is 27.4 Å². The molecule has 0 amide bonds. The van der Waals surface area contributed by atoms with Gasteiger partial charge >= 0.3 is 0 Å². The molecule has 3 rings (SSSR count). The Labute approximate surface area is 130 Å². The fraction of sp³-hybridized carbons (Fsp3) is 0.625. The van der Waals surface area contributed by atoms with Crippen molar-refractivity contribution in [2.75, 3.05) is 31.1 Å². The number of thiophene rings is 1. The second-order valence-corrected chi connectivity index (χ2v) is 6.83. The molecule has 1 saturated heterocycles. The van der Waals surface area contributed by atoms with Gasteiger partial charge < -0.3 is 10.2 Å². The molecule has 0 saturated carbocycles. The van der Waals surface area contributed by atoms with Crippen molar-refractivity contribution in [3.05, 3.63) is 17.3 Å². The van der Waals surface area contributed by atoms with Crippen molar-refractivity contribution in [1.82, 2.24) is 15.3 Å². The molecule has 1 fully saturated rings. The average Bonchev–Trinajstić information content (AvgIpc) is 2.90. The Balaban J connectivity index is 1.87. The maximum Gasteiger partial charge on any atom is 0.150 e. The van der Waals surface area contributed by atoms with E-state index < -0.39 is 0 Å². The Bertz CT molecular complexity index is 589. The largest absolute Gasteiger partial charge is 0.355 e. The molecule has 0 aliphatic carbocycles. The molecule has 0 aromatic carbocycles. The minimum Gasteiger partial charge on any atom is -0.355 e. The molecule has 1 atom stereocenters. The van der Waals surface area contributed by atoms with Crippen LogP contribution in [0.3, 0.4) is 0 Å². The smallest absolute Gasteiger partial charge is 0.150 e. The standard InChI is InChI=1S/C16H24N4S/c1-3-7-20(9-13-5-4-6-17-8-13)16-15-14(18-11-19-16)12(2)10-21-15/h10-11,13,17H,3-9H2,1-2H3. The first kappa shape index (κ1) is 14.7. The van der Waals surface area contributed by atoms with E-state index in [9.17, 15) is 0 Å². The van der Waals surface area contributed by atoms with E-state index in [4.69, 9.17) is 0 Å². The Kier molecular flexibility index (Phi) is 4.70. The van der Waals surface area contributed by atoms with Crippen LogP contribution in [0, 0.1) is 12.8 Å². The van der Waals surface area contributed by atoms with Crippen molar-refractivity contribution in [2.24, 2.45) is 5.92 Å². The van der Waals surface area contributed by atoms with Gasteiger partial charge in [0.05, 0.1) is 10.2 Å². The lowest BCUT2D eigenvalue weighted by molar-refractivity contribution is 0.376. The maximum absolute atomic E-state index is 4.61. The number of hydrogen-bond acceptors (Lipinski definition) is 5. The Hall–Kier alpha value is -1.20. The minimum atomic E-state index is 0.733. The summed E-state index contributed by atoms with van der Waals surface area (Å²) in [6, 6.07) is 0. The number of anilines is 1. The van der Waals surface area contributed by atoms with Crippen LogP contribution < -0.4 is 10.2 Å². The van der Waals surface area contributed by atoms with Gasteiger partial charge in [-0.3, -0.25) is 0 Å². The van der Waals surface area contributed by atoms with Gasteiger partial charge in [-0.1, -0.05) is 6.92 Å². The molecule has 21 heavy (non-hydrogen) atoms. The van der Waals surface area contributed by atoms with E-state index >= 15 is 0 Å². The first-order valence-corrected chi connectivity index (χ1v) is 8.82. The molecular weight excluding hydrogens is 280 g/mol. The molecule has 2 aromatic heterocycles. The highest BCUT2D eigenvalue weighted by molar-refractivity contribution is 7.18. The van der Waals surface area contributed by atoms with Gasteiger partial charge in [0.25, 0.3) is 0 Å². The number of aryl methyl sites for hydroxylation is 1. The van der Waals surface area contributed by atoms with E-state index in [1.54, 1.807) is 17.7 Å². The summed E-state index contributed by atoms with van der Waals surface area (Å²) >= 11 is 1.77. The third kappa shape index (κ3) is 3.19. The van der Waals surface area contributed by atoms with Gasteiger partial charge in [0.2, 0.25) is 0 Å². The highest BCUT2D eigenvalue weighted by atomic mass is 32.1. The molecule has 5 heteroatoms. The highest BCUT2D eigenvalue weighted by Gasteiger charge is 2.20. The van der Waals surface area contributed by atoms with E-state index in [0.29, 0.717) is 0 Å². The molecule has 1 N–H and O–H groups in total. The fourth-order valence-corrected chi connectivity index (χ4v) is 4.15. The lowest BCUT2D eigenvalue weighted by Gasteiger charge is -2.31. The van der Waals surface area contributed by atoms with Crippen molar-refractivity contribution < 1.29 is 0 Å². The zero-order valence-electron chi connectivity index (χ0n) is 12.9. The van der Waals surface area contributed by atoms with Gasteiger partial charge in [0.15, 0.2) is 0 Å². The number of rotatable bonds is 5. The Morgan fingerprint density at radius 2 is 2.33 bits per heavy atom. The van der Waals surface area contributed by atoms with Gasteiger partial charge in [-0.25, -0.2) is 9.97 Å². The van der Waals surface area contributed by atoms with E-state index in [1.165, 1.54) is 29.6 Å². The molecule has 0 radical (unpaired) electrons. The third-order valence-corrected chi connectivity index (χ3v) is 5.27. The summed E-state index contributed by atoms with van der Waals surface area (Å²) in [5.74, 6) is 1.86. The molecule has 1 unspecified atom stereocenters. The van der Waals surface area contributed by atoms with E-state index in [1.807, 2.05) is 0 Å². The van der Waals surface area contributed by atoms with Crippen LogP contribution in [0.2, 0.25) is 0 Å². The Morgan fingerprint density at radius 1 is 1.43 bits per heavy atom. The molecule has 1 aliphatic heterocycles. The van der Waals surface area contributed by atoms with Crippen LogP contribution in [0.1, 0.15) is 31.7 Å². The van der Waals surface area contributed by atoms with Crippen LogP contribution in [0.4, 0.5) is 5.82 Å². The first-order chi connectivity index (χ1) is 10.3. The molecule has 4 nitrogen and oxygen atoms in total. The average molecular weight is 304 g/mol. The van der Waals surface area contributed by atoms with Gasteiger partial charge in [-0.15, -0.1) is 11.3 Å². The highest BCUT2D eigenvalue weighted by Crippen LogP contribution is 2.31. The van der Waals surface area contributed by atoms with Crippen LogP contribution in [0.25, 0.3) is 10.2 Å². The van der Waals surface area contributed by atoms with Gasteiger partial charge in [-0.2, -0.15) is 0 Å². The second-order valence-electron chi connectivity index (χ2n) is 5.95. The SMILES string of the molecule is CCCN(CC1CCCNC1)c1ncnc2c(C)csc12. The summed E-state index contributed by atoms with van der Waals surface area (Å²) < 4.78 is 1.24. The molecule has 1 aliphatic rings. The maximum atomic E-state index is 4.61. The molecular formula is C16H24N4S. The first-order valence-electron chi connectivity index (χ1n) is 7.94. The summed E-state index contributed by atoms with van der Waals surface area (Å²) in [5, 5.41) is 5.71. The van der Waals surface area contributed by atoms with Gasteiger partial charge in [-0.05, 0) is 56.1 Å².